The van der Waals surface area contributed by atoms with E-state index < -0.39 is 0 Å². The molecule has 2 nitrogen and oxygen atoms in total. The molecule has 1 rings (SSSR count). The average Bonchev–Trinajstić information content (AvgIpc) is 2.79. The van der Waals surface area contributed by atoms with Crippen LogP contribution in [0.2, 0.25) is 0 Å². The number of hydrogen-bond acceptors (Lipinski definition) is 2. The van der Waals surface area contributed by atoms with Gasteiger partial charge in [0.25, 0.3) is 0 Å². The van der Waals surface area contributed by atoms with Crippen LogP contribution in [-0.4, -0.2) is 25.3 Å². The van der Waals surface area contributed by atoms with E-state index in [0.29, 0.717) is 12.1 Å². The molecule has 0 bridgehead atoms. The van der Waals surface area contributed by atoms with Crippen molar-refractivity contribution in [1.29, 1.82) is 0 Å². The third-order valence-corrected chi connectivity index (χ3v) is 3.95. The first-order chi connectivity index (χ1) is 7.77. The molecule has 1 fully saturated rings. The smallest absolute Gasteiger partial charge is 0.0576 e. The Labute approximate surface area is 101 Å². The number of rotatable bonds is 8. The highest BCUT2D eigenvalue weighted by atomic mass is 16.5. The Morgan fingerprint density at radius 2 is 2.06 bits per heavy atom. The topological polar surface area (TPSA) is 21.3 Å². The fraction of sp³-hybridized carbons (Fsp3) is 1.00. The summed E-state index contributed by atoms with van der Waals surface area (Å²) in [5.41, 5.74) is 0. The summed E-state index contributed by atoms with van der Waals surface area (Å²) in [6, 6.07) is 0.666. The van der Waals surface area contributed by atoms with E-state index in [2.05, 4.69) is 26.1 Å². The summed E-state index contributed by atoms with van der Waals surface area (Å²) in [6.07, 6.45) is 8.18. The zero-order valence-electron chi connectivity index (χ0n) is 11.3. The first-order valence-electron chi connectivity index (χ1n) is 7.12. The van der Waals surface area contributed by atoms with Gasteiger partial charge in [0.1, 0.15) is 0 Å². The lowest BCUT2D eigenvalue weighted by Gasteiger charge is -2.22. The van der Waals surface area contributed by atoms with Crippen molar-refractivity contribution in [2.45, 2.75) is 71.4 Å². The molecule has 1 saturated heterocycles. The van der Waals surface area contributed by atoms with Gasteiger partial charge in [-0.3, -0.25) is 0 Å². The zero-order chi connectivity index (χ0) is 11.8. The summed E-state index contributed by atoms with van der Waals surface area (Å²) in [5, 5.41) is 3.65. The van der Waals surface area contributed by atoms with Crippen LogP contribution in [0.3, 0.4) is 0 Å². The third-order valence-electron chi connectivity index (χ3n) is 3.95. The van der Waals surface area contributed by atoms with E-state index in [0.717, 1.165) is 19.1 Å². The lowest BCUT2D eigenvalue weighted by Crippen LogP contribution is -2.34. The number of nitrogens with one attached hydrogen (secondary N) is 1. The van der Waals surface area contributed by atoms with Gasteiger partial charge in [-0.25, -0.2) is 0 Å². The van der Waals surface area contributed by atoms with Gasteiger partial charge in [-0.2, -0.15) is 0 Å². The van der Waals surface area contributed by atoms with Gasteiger partial charge in [-0.1, -0.05) is 26.7 Å². The first-order valence-corrected chi connectivity index (χ1v) is 7.12. The normalized spacial score (nSPS) is 22.9. The molecule has 0 spiro atoms. The Balaban J connectivity index is 2.00. The fourth-order valence-electron chi connectivity index (χ4n) is 2.69. The minimum Gasteiger partial charge on any atom is -0.378 e. The van der Waals surface area contributed by atoms with Gasteiger partial charge in [-0.05, 0) is 45.1 Å². The van der Waals surface area contributed by atoms with Crippen LogP contribution in [0.5, 0.6) is 0 Å². The molecule has 2 atom stereocenters. The van der Waals surface area contributed by atoms with Crippen LogP contribution >= 0.6 is 0 Å². The molecule has 2 unspecified atom stereocenters. The highest BCUT2D eigenvalue weighted by Crippen LogP contribution is 2.17. The van der Waals surface area contributed by atoms with Crippen molar-refractivity contribution in [2.75, 3.05) is 13.2 Å². The van der Waals surface area contributed by atoms with Crippen LogP contribution in [0.25, 0.3) is 0 Å². The highest BCUT2D eigenvalue weighted by molar-refractivity contribution is 4.71. The van der Waals surface area contributed by atoms with Gasteiger partial charge in [0.15, 0.2) is 0 Å². The fourth-order valence-corrected chi connectivity index (χ4v) is 2.69. The second kappa shape index (κ2) is 8.08. The predicted octanol–water partition coefficient (Wildman–Crippen LogP) is 3.36. The monoisotopic (exact) mass is 227 g/mol. The Morgan fingerprint density at radius 1 is 1.31 bits per heavy atom. The van der Waals surface area contributed by atoms with Gasteiger partial charge in [0.05, 0.1) is 6.10 Å². The molecule has 16 heavy (non-hydrogen) atoms. The van der Waals surface area contributed by atoms with Crippen molar-refractivity contribution in [1.82, 2.24) is 5.32 Å². The molecule has 0 radical (unpaired) electrons. The van der Waals surface area contributed by atoms with Crippen LogP contribution in [-0.2, 0) is 4.74 Å². The minimum atomic E-state index is 0.560. The molecular weight excluding hydrogens is 198 g/mol. The molecule has 1 N–H and O–H groups in total. The standard InChI is InChI=1S/C14H29NO/c1-4-13(5-2)12(3)15-10-6-8-14-9-7-11-16-14/h12-15H,4-11H2,1-3H3. The van der Waals surface area contributed by atoms with E-state index in [-0.39, 0.29) is 0 Å². The van der Waals surface area contributed by atoms with Crippen LogP contribution < -0.4 is 5.32 Å². The molecule has 1 aliphatic heterocycles. The maximum atomic E-state index is 5.62. The van der Waals surface area contributed by atoms with Gasteiger partial charge in [0.2, 0.25) is 0 Å². The lowest BCUT2D eigenvalue weighted by atomic mass is 9.95. The van der Waals surface area contributed by atoms with Crippen LogP contribution in [0.4, 0.5) is 0 Å². The third kappa shape index (κ3) is 4.84. The van der Waals surface area contributed by atoms with E-state index in [1.165, 1.54) is 38.5 Å². The Hall–Kier alpha value is -0.0800. The zero-order valence-corrected chi connectivity index (χ0v) is 11.3. The second-order valence-corrected chi connectivity index (χ2v) is 5.10. The van der Waals surface area contributed by atoms with Crippen molar-refractivity contribution in [3.63, 3.8) is 0 Å². The van der Waals surface area contributed by atoms with Crippen LogP contribution in [0.1, 0.15) is 59.3 Å². The summed E-state index contributed by atoms with van der Waals surface area (Å²) in [4.78, 5) is 0. The molecule has 0 aromatic carbocycles. The van der Waals surface area contributed by atoms with Gasteiger partial charge >= 0.3 is 0 Å². The molecule has 2 heteroatoms. The summed E-state index contributed by atoms with van der Waals surface area (Å²) in [7, 11) is 0. The second-order valence-electron chi connectivity index (χ2n) is 5.10. The summed E-state index contributed by atoms with van der Waals surface area (Å²) in [5.74, 6) is 0.836. The van der Waals surface area contributed by atoms with Crippen molar-refractivity contribution >= 4 is 0 Å². The predicted molar refractivity (Wildman–Crippen MR) is 69.7 cm³/mol. The molecule has 96 valence electrons. The van der Waals surface area contributed by atoms with Gasteiger partial charge in [-0.15, -0.1) is 0 Å². The maximum absolute atomic E-state index is 5.62. The number of hydrogen-bond donors (Lipinski definition) is 1. The Bertz CT molecular complexity index is 162. The van der Waals surface area contributed by atoms with Gasteiger partial charge < -0.3 is 10.1 Å². The molecule has 0 amide bonds. The summed E-state index contributed by atoms with van der Waals surface area (Å²) in [6.45, 7) is 9.04. The molecule has 1 heterocycles. The van der Waals surface area contributed by atoms with Crippen molar-refractivity contribution in [2.24, 2.45) is 5.92 Å². The molecule has 0 saturated carbocycles. The van der Waals surface area contributed by atoms with Crippen LogP contribution in [0.15, 0.2) is 0 Å². The van der Waals surface area contributed by atoms with Gasteiger partial charge in [0, 0.05) is 12.6 Å². The van der Waals surface area contributed by atoms with Crippen molar-refractivity contribution < 1.29 is 4.74 Å². The van der Waals surface area contributed by atoms with Crippen LogP contribution in [0, 0.1) is 5.92 Å². The maximum Gasteiger partial charge on any atom is 0.0576 e. The first kappa shape index (κ1) is 14.0. The number of ether oxygens (including phenoxy) is 1. The SMILES string of the molecule is CCC(CC)C(C)NCCCC1CCCO1. The molecule has 0 aliphatic carbocycles. The molecular formula is C14H29NO. The minimum absolute atomic E-state index is 0.560. The Kier molecular flexibility index (Phi) is 7.06. The summed E-state index contributed by atoms with van der Waals surface area (Å²) >= 11 is 0. The highest BCUT2D eigenvalue weighted by Gasteiger charge is 2.15. The van der Waals surface area contributed by atoms with E-state index in [1.807, 2.05) is 0 Å². The molecule has 0 aromatic rings. The van der Waals surface area contributed by atoms with E-state index in [1.54, 1.807) is 0 Å². The van der Waals surface area contributed by atoms with Crippen molar-refractivity contribution in [3.05, 3.63) is 0 Å². The molecule has 1 aliphatic rings. The van der Waals surface area contributed by atoms with Crippen molar-refractivity contribution in [3.8, 4) is 0 Å². The van der Waals surface area contributed by atoms with E-state index in [9.17, 15) is 0 Å². The molecule has 0 aromatic heterocycles. The lowest BCUT2D eigenvalue weighted by molar-refractivity contribution is 0.102. The largest absolute Gasteiger partial charge is 0.378 e. The quantitative estimate of drug-likeness (QED) is 0.642. The van der Waals surface area contributed by atoms with E-state index in [4.69, 9.17) is 4.74 Å². The summed E-state index contributed by atoms with van der Waals surface area (Å²) < 4.78 is 5.62. The van der Waals surface area contributed by atoms with E-state index >= 15 is 0 Å². The average molecular weight is 227 g/mol. The Morgan fingerprint density at radius 3 is 2.62 bits per heavy atom.